The maximum atomic E-state index is 12.2. The number of amides is 1. The molecule has 2 aromatic rings. The first-order valence-electron chi connectivity index (χ1n) is 8.34. The number of ether oxygens (including phenoxy) is 3. The average molecular weight is 381 g/mol. The van der Waals surface area contributed by atoms with E-state index in [-0.39, 0.29) is 31.1 Å². The summed E-state index contributed by atoms with van der Waals surface area (Å²) < 4.78 is 21.5. The molecule has 1 aromatic heterocycles. The summed E-state index contributed by atoms with van der Waals surface area (Å²) in [6.45, 7) is 3.72. The molecule has 1 aromatic carbocycles. The van der Waals surface area contributed by atoms with Gasteiger partial charge in [-0.15, -0.1) is 12.4 Å². The van der Waals surface area contributed by atoms with Gasteiger partial charge < -0.3 is 23.9 Å². The topological polar surface area (TPSA) is 73.2 Å². The van der Waals surface area contributed by atoms with E-state index in [0.717, 1.165) is 30.2 Å². The molecule has 8 heteroatoms. The Morgan fingerprint density at radius 3 is 2.73 bits per heavy atom. The lowest BCUT2D eigenvalue weighted by Crippen LogP contribution is -2.43. The lowest BCUT2D eigenvalue weighted by atomic mass is 10.0. The Balaban J connectivity index is 0.00000196. The second-order valence-electron chi connectivity index (χ2n) is 5.96. The molecule has 0 spiro atoms. The molecule has 7 nitrogen and oxygen atoms in total. The summed E-state index contributed by atoms with van der Waals surface area (Å²) in [5.74, 6) is 1.59. The Morgan fingerprint density at radius 1 is 1.15 bits per heavy atom. The molecule has 1 N–H and O–H groups in total. The van der Waals surface area contributed by atoms with Crippen molar-refractivity contribution in [3.05, 3.63) is 47.9 Å². The number of rotatable bonds is 5. The molecule has 140 valence electrons. The van der Waals surface area contributed by atoms with Gasteiger partial charge in [-0.25, -0.2) is 0 Å². The molecule has 3 heterocycles. The van der Waals surface area contributed by atoms with Crippen LogP contribution in [0.2, 0.25) is 0 Å². The van der Waals surface area contributed by atoms with Gasteiger partial charge in [-0.3, -0.25) is 9.69 Å². The molecule has 2 aliphatic heterocycles. The summed E-state index contributed by atoms with van der Waals surface area (Å²) in [7, 11) is 0. The summed E-state index contributed by atoms with van der Waals surface area (Å²) >= 11 is 0. The van der Waals surface area contributed by atoms with Gasteiger partial charge in [0.1, 0.15) is 0 Å². The van der Waals surface area contributed by atoms with Crippen molar-refractivity contribution in [1.82, 2.24) is 10.2 Å². The van der Waals surface area contributed by atoms with Crippen LogP contribution in [0.5, 0.6) is 11.5 Å². The predicted octanol–water partition coefficient (Wildman–Crippen LogP) is 2.23. The molecular weight excluding hydrogens is 360 g/mol. The minimum atomic E-state index is -0.219. The first-order valence-corrected chi connectivity index (χ1v) is 8.34. The van der Waals surface area contributed by atoms with Crippen molar-refractivity contribution in [2.75, 3.05) is 39.6 Å². The molecule has 1 atom stereocenters. The molecular formula is C18H21ClN2O5. The second kappa shape index (κ2) is 8.44. The number of nitrogens with one attached hydrogen (secondary N) is 1. The summed E-state index contributed by atoms with van der Waals surface area (Å²) in [6, 6.07) is 9.30. The summed E-state index contributed by atoms with van der Waals surface area (Å²) in [5, 5.41) is 2.96. The van der Waals surface area contributed by atoms with E-state index >= 15 is 0 Å². The van der Waals surface area contributed by atoms with Crippen LogP contribution in [0.1, 0.15) is 22.2 Å². The third-order valence-electron chi connectivity index (χ3n) is 4.47. The molecule has 4 rings (SSSR count). The van der Waals surface area contributed by atoms with Crippen LogP contribution in [0.3, 0.4) is 0 Å². The maximum Gasteiger partial charge on any atom is 0.287 e. The fraction of sp³-hybridized carbons (Fsp3) is 0.389. The van der Waals surface area contributed by atoms with Crippen LogP contribution in [0.15, 0.2) is 41.0 Å². The maximum absolute atomic E-state index is 12.2. The van der Waals surface area contributed by atoms with Crippen molar-refractivity contribution in [2.45, 2.75) is 6.04 Å². The summed E-state index contributed by atoms with van der Waals surface area (Å²) in [4.78, 5) is 14.5. The lowest BCUT2D eigenvalue weighted by Gasteiger charge is -2.34. The fourth-order valence-corrected chi connectivity index (χ4v) is 3.15. The zero-order chi connectivity index (χ0) is 17.1. The molecule has 0 saturated carbocycles. The number of hydrogen-bond acceptors (Lipinski definition) is 6. The average Bonchev–Trinajstić information content (AvgIpc) is 3.34. The van der Waals surface area contributed by atoms with Gasteiger partial charge in [-0.1, -0.05) is 6.07 Å². The van der Waals surface area contributed by atoms with Gasteiger partial charge in [0.25, 0.3) is 5.91 Å². The van der Waals surface area contributed by atoms with E-state index in [4.69, 9.17) is 18.6 Å². The lowest BCUT2D eigenvalue weighted by molar-refractivity contribution is 0.0161. The van der Waals surface area contributed by atoms with Crippen molar-refractivity contribution in [3.63, 3.8) is 0 Å². The number of morpholine rings is 1. The second-order valence-corrected chi connectivity index (χ2v) is 5.96. The highest BCUT2D eigenvalue weighted by molar-refractivity contribution is 5.91. The standard InChI is InChI=1S/C18H20N2O5.ClH/c21-18(16-2-1-7-23-16)19-11-14(20-5-8-22-9-6-20)13-3-4-15-17(10-13)25-12-24-15;/h1-4,7,10,14H,5-6,8-9,11-12H2,(H,19,21);1H. The quantitative estimate of drug-likeness (QED) is 0.857. The number of hydrogen-bond donors (Lipinski definition) is 1. The van der Waals surface area contributed by atoms with Gasteiger partial charge in [0.2, 0.25) is 6.79 Å². The van der Waals surface area contributed by atoms with Crippen LogP contribution in [-0.2, 0) is 4.74 Å². The van der Waals surface area contributed by atoms with Crippen LogP contribution in [0.4, 0.5) is 0 Å². The van der Waals surface area contributed by atoms with E-state index in [9.17, 15) is 4.79 Å². The highest BCUT2D eigenvalue weighted by atomic mass is 35.5. The Hall–Kier alpha value is -2.22. The van der Waals surface area contributed by atoms with E-state index in [1.54, 1.807) is 12.1 Å². The van der Waals surface area contributed by atoms with Crippen molar-refractivity contribution >= 4 is 18.3 Å². The van der Waals surface area contributed by atoms with Crippen LogP contribution < -0.4 is 14.8 Å². The molecule has 2 aliphatic rings. The summed E-state index contributed by atoms with van der Waals surface area (Å²) in [5.41, 5.74) is 1.07. The number of furan rings is 1. The van der Waals surface area contributed by atoms with E-state index in [0.29, 0.717) is 25.5 Å². The first-order chi connectivity index (χ1) is 12.3. The Bertz CT molecular complexity index is 731. The molecule has 0 bridgehead atoms. The van der Waals surface area contributed by atoms with Crippen molar-refractivity contribution in [2.24, 2.45) is 0 Å². The number of carbonyl (C=O) groups excluding carboxylic acids is 1. The highest BCUT2D eigenvalue weighted by Gasteiger charge is 2.25. The zero-order valence-corrected chi connectivity index (χ0v) is 15.0. The fourth-order valence-electron chi connectivity index (χ4n) is 3.15. The Kier molecular flexibility index (Phi) is 6.03. The van der Waals surface area contributed by atoms with Crippen molar-refractivity contribution < 1.29 is 23.4 Å². The van der Waals surface area contributed by atoms with Crippen LogP contribution in [0.25, 0.3) is 0 Å². The monoisotopic (exact) mass is 380 g/mol. The minimum absolute atomic E-state index is 0. The summed E-state index contributed by atoms with van der Waals surface area (Å²) in [6.07, 6.45) is 1.49. The smallest absolute Gasteiger partial charge is 0.287 e. The van der Waals surface area contributed by atoms with Crippen LogP contribution in [-0.4, -0.2) is 50.4 Å². The molecule has 0 radical (unpaired) electrons. The number of fused-ring (bicyclic) bond motifs is 1. The molecule has 26 heavy (non-hydrogen) atoms. The van der Waals surface area contributed by atoms with Gasteiger partial charge in [0.15, 0.2) is 17.3 Å². The van der Waals surface area contributed by atoms with Gasteiger partial charge in [-0.05, 0) is 29.8 Å². The Morgan fingerprint density at radius 2 is 1.96 bits per heavy atom. The number of nitrogens with zero attached hydrogens (tertiary/aromatic N) is 1. The van der Waals surface area contributed by atoms with E-state index in [1.807, 2.05) is 18.2 Å². The largest absolute Gasteiger partial charge is 0.459 e. The van der Waals surface area contributed by atoms with E-state index in [2.05, 4.69) is 10.2 Å². The third-order valence-corrected chi connectivity index (χ3v) is 4.47. The molecule has 0 aliphatic carbocycles. The van der Waals surface area contributed by atoms with Crippen molar-refractivity contribution in [3.8, 4) is 11.5 Å². The van der Waals surface area contributed by atoms with Gasteiger partial charge >= 0.3 is 0 Å². The molecule has 1 saturated heterocycles. The normalized spacial score (nSPS) is 17.4. The van der Waals surface area contributed by atoms with Gasteiger partial charge in [0, 0.05) is 19.6 Å². The number of benzene rings is 1. The van der Waals surface area contributed by atoms with Crippen LogP contribution >= 0.6 is 12.4 Å². The van der Waals surface area contributed by atoms with E-state index < -0.39 is 0 Å². The van der Waals surface area contributed by atoms with Crippen molar-refractivity contribution in [1.29, 1.82) is 0 Å². The highest BCUT2D eigenvalue weighted by Crippen LogP contribution is 2.35. The molecule has 1 fully saturated rings. The predicted molar refractivity (Wildman–Crippen MR) is 96.0 cm³/mol. The van der Waals surface area contributed by atoms with Gasteiger partial charge in [-0.2, -0.15) is 0 Å². The Labute approximate surface area is 157 Å². The van der Waals surface area contributed by atoms with Gasteiger partial charge in [0.05, 0.1) is 25.5 Å². The molecule has 1 unspecified atom stereocenters. The zero-order valence-electron chi connectivity index (χ0n) is 14.2. The van der Waals surface area contributed by atoms with Crippen LogP contribution in [0, 0.1) is 0 Å². The molecule has 1 amide bonds. The number of carbonyl (C=O) groups is 1. The SMILES string of the molecule is Cl.O=C(NCC(c1ccc2c(c1)OCO2)N1CCOCC1)c1ccco1. The minimum Gasteiger partial charge on any atom is -0.459 e. The number of halogens is 1. The first kappa shape index (κ1) is 18.6. The third kappa shape index (κ3) is 3.95. The van der Waals surface area contributed by atoms with E-state index in [1.165, 1.54) is 6.26 Å².